The summed E-state index contributed by atoms with van der Waals surface area (Å²) < 4.78 is 5.52. The number of hydrogen-bond acceptors (Lipinski definition) is 2. The van der Waals surface area contributed by atoms with E-state index in [9.17, 15) is 0 Å². The minimum Gasteiger partial charge on any atom is -0.476 e. The zero-order chi connectivity index (χ0) is 9.80. The second-order valence-electron chi connectivity index (χ2n) is 3.27. The van der Waals surface area contributed by atoms with Gasteiger partial charge in [-0.15, -0.1) is 0 Å². The van der Waals surface area contributed by atoms with Gasteiger partial charge in [-0.1, -0.05) is 30.3 Å². The van der Waals surface area contributed by atoms with E-state index in [1.807, 2.05) is 42.5 Å². The highest BCUT2D eigenvalue weighted by molar-refractivity contribution is 5.22. The molecule has 0 aromatic heterocycles. The van der Waals surface area contributed by atoms with Gasteiger partial charge in [-0.25, -0.2) is 0 Å². The summed E-state index contributed by atoms with van der Waals surface area (Å²) in [6, 6.07) is 12.1. The third kappa shape index (κ3) is 1.77. The summed E-state index contributed by atoms with van der Waals surface area (Å²) in [7, 11) is 0. The monoisotopic (exact) mass is 185 g/mol. The van der Waals surface area contributed by atoms with Crippen LogP contribution in [0.1, 0.15) is 24.5 Å². The lowest BCUT2D eigenvalue weighted by molar-refractivity contribution is 0.107. The average molecular weight is 185 g/mol. The van der Waals surface area contributed by atoms with Crippen LogP contribution < -0.4 is 0 Å². The summed E-state index contributed by atoms with van der Waals surface area (Å²) in [6.45, 7) is 0. The molecular formula is C12H11NO. The Labute approximate surface area is 83.4 Å². The van der Waals surface area contributed by atoms with Gasteiger partial charge < -0.3 is 4.74 Å². The van der Waals surface area contributed by atoms with E-state index >= 15 is 0 Å². The smallest absolute Gasteiger partial charge is 0.193 e. The number of nitriles is 1. The van der Waals surface area contributed by atoms with Crippen molar-refractivity contribution in [2.24, 2.45) is 0 Å². The number of allylic oxidation sites excluding steroid dienone is 2. The first-order chi connectivity index (χ1) is 6.90. The van der Waals surface area contributed by atoms with Gasteiger partial charge in [0.15, 0.2) is 5.76 Å². The number of benzene rings is 1. The van der Waals surface area contributed by atoms with Crippen LogP contribution in [0, 0.1) is 11.3 Å². The van der Waals surface area contributed by atoms with Gasteiger partial charge in [-0.2, -0.15) is 5.26 Å². The van der Waals surface area contributed by atoms with Gasteiger partial charge in [-0.05, 0) is 24.5 Å². The molecule has 2 rings (SSSR count). The van der Waals surface area contributed by atoms with Gasteiger partial charge in [-0.3, -0.25) is 0 Å². The van der Waals surface area contributed by atoms with Crippen molar-refractivity contribution in [1.82, 2.24) is 0 Å². The quantitative estimate of drug-likeness (QED) is 0.673. The molecule has 0 radical (unpaired) electrons. The standard InChI is InChI=1S/C12H11NO/c13-9-11-7-4-8-12(14-11)10-5-2-1-3-6-10/h1-3,5-7,12H,4,8H2/t12-/m1/s1. The van der Waals surface area contributed by atoms with Crippen molar-refractivity contribution in [2.45, 2.75) is 18.9 Å². The van der Waals surface area contributed by atoms with Crippen LogP contribution in [0.4, 0.5) is 0 Å². The molecule has 1 aliphatic rings. The second-order valence-corrected chi connectivity index (χ2v) is 3.27. The minimum absolute atomic E-state index is 0.0517. The molecule has 0 amide bonds. The molecule has 0 unspecified atom stereocenters. The number of ether oxygens (including phenoxy) is 1. The van der Waals surface area contributed by atoms with E-state index < -0.39 is 0 Å². The Morgan fingerprint density at radius 2 is 2.07 bits per heavy atom. The zero-order valence-corrected chi connectivity index (χ0v) is 7.81. The minimum atomic E-state index is 0.0517. The number of hydrogen-bond donors (Lipinski definition) is 0. The van der Waals surface area contributed by atoms with Gasteiger partial charge in [0.1, 0.15) is 12.2 Å². The zero-order valence-electron chi connectivity index (χ0n) is 7.81. The lowest BCUT2D eigenvalue weighted by atomic mass is 10.0. The molecule has 2 heteroatoms. The highest BCUT2D eigenvalue weighted by atomic mass is 16.5. The maximum Gasteiger partial charge on any atom is 0.193 e. The first kappa shape index (κ1) is 8.83. The summed E-state index contributed by atoms with van der Waals surface area (Å²) in [5.74, 6) is 0.449. The molecule has 0 saturated heterocycles. The van der Waals surface area contributed by atoms with Crippen LogP contribution in [0.3, 0.4) is 0 Å². The number of rotatable bonds is 1. The summed E-state index contributed by atoms with van der Waals surface area (Å²) >= 11 is 0. The van der Waals surface area contributed by atoms with Crippen LogP contribution in [-0.4, -0.2) is 0 Å². The van der Waals surface area contributed by atoms with E-state index in [1.54, 1.807) is 0 Å². The van der Waals surface area contributed by atoms with Crippen LogP contribution in [-0.2, 0) is 4.74 Å². The average Bonchev–Trinajstić information content (AvgIpc) is 2.30. The highest BCUT2D eigenvalue weighted by Crippen LogP contribution is 2.29. The molecule has 2 nitrogen and oxygen atoms in total. The van der Waals surface area contributed by atoms with E-state index in [0.29, 0.717) is 5.76 Å². The molecule has 0 spiro atoms. The Morgan fingerprint density at radius 3 is 2.79 bits per heavy atom. The van der Waals surface area contributed by atoms with Crippen LogP contribution >= 0.6 is 0 Å². The van der Waals surface area contributed by atoms with Crippen LogP contribution in [0.25, 0.3) is 0 Å². The maximum atomic E-state index is 8.71. The molecular weight excluding hydrogens is 174 g/mol. The molecule has 1 aromatic rings. The predicted molar refractivity (Wildman–Crippen MR) is 53.2 cm³/mol. The van der Waals surface area contributed by atoms with Crippen LogP contribution in [0.2, 0.25) is 0 Å². The molecule has 1 heterocycles. The molecule has 0 bridgehead atoms. The molecule has 1 atom stereocenters. The molecule has 0 fully saturated rings. The summed E-state index contributed by atoms with van der Waals surface area (Å²) in [4.78, 5) is 0. The third-order valence-electron chi connectivity index (χ3n) is 2.31. The van der Waals surface area contributed by atoms with Crippen molar-refractivity contribution in [2.75, 3.05) is 0 Å². The van der Waals surface area contributed by atoms with E-state index in [2.05, 4.69) is 0 Å². The largest absolute Gasteiger partial charge is 0.476 e. The van der Waals surface area contributed by atoms with Gasteiger partial charge in [0.2, 0.25) is 0 Å². The van der Waals surface area contributed by atoms with Gasteiger partial charge in [0, 0.05) is 0 Å². The fourth-order valence-corrected chi connectivity index (χ4v) is 1.60. The Morgan fingerprint density at radius 1 is 1.29 bits per heavy atom. The topological polar surface area (TPSA) is 33.0 Å². The van der Waals surface area contributed by atoms with Crippen molar-refractivity contribution in [3.8, 4) is 6.07 Å². The van der Waals surface area contributed by atoms with Crippen molar-refractivity contribution < 1.29 is 4.74 Å². The van der Waals surface area contributed by atoms with Crippen molar-refractivity contribution in [3.05, 3.63) is 47.7 Å². The van der Waals surface area contributed by atoms with E-state index in [4.69, 9.17) is 10.00 Å². The van der Waals surface area contributed by atoms with Gasteiger partial charge >= 0.3 is 0 Å². The molecule has 70 valence electrons. The van der Waals surface area contributed by atoms with Crippen molar-refractivity contribution in [3.63, 3.8) is 0 Å². The van der Waals surface area contributed by atoms with Crippen LogP contribution in [0.5, 0.6) is 0 Å². The first-order valence-corrected chi connectivity index (χ1v) is 4.72. The summed E-state index contributed by atoms with van der Waals surface area (Å²) in [6.07, 6.45) is 3.77. The maximum absolute atomic E-state index is 8.71. The highest BCUT2D eigenvalue weighted by Gasteiger charge is 2.17. The third-order valence-corrected chi connectivity index (χ3v) is 2.31. The summed E-state index contributed by atoms with van der Waals surface area (Å²) in [5.41, 5.74) is 1.15. The number of nitrogens with zero attached hydrogens (tertiary/aromatic N) is 1. The fourth-order valence-electron chi connectivity index (χ4n) is 1.60. The van der Waals surface area contributed by atoms with Crippen molar-refractivity contribution >= 4 is 0 Å². The Balaban J connectivity index is 2.16. The van der Waals surface area contributed by atoms with E-state index in [1.165, 1.54) is 0 Å². The SMILES string of the molecule is N#CC1=CCC[C@H](c2ccccc2)O1. The van der Waals surface area contributed by atoms with E-state index in [-0.39, 0.29) is 6.10 Å². The molecule has 14 heavy (non-hydrogen) atoms. The predicted octanol–water partition coefficient (Wildman–Crippen LogP) is 2.95. The Bertz CT molecular complexity index is 375. The molecule has 1 aromatic carbocycles. The van der Waals surface area contributed by atoms with Crippen LogP contribution in [0.15, 0.2) is 42.2 Å². The normalized spacial score (nSPS) is 20.5. The lowest BCUT2D eigenvalue weighted by Gasteiger charge is -2.21. The first-order valence-electron chi connectivity index (χ1n) is 4.72. The molecule has 0 saturated carbocycles. The van der Waals surface area contributed by atoms with Crippen molar-refractivity contribution in [1.29, 1.82) is 5.26 Å². The Hall–Kier alpha value is -1.75. The molecule has 1 aliphatic heterocycles. The summed E-state index contributed by atoms with van der Waals surface area (Å²) in [5, 5.41) is 8.71. The molecule has 0 N–H and O–H groups in total. The Kier molecular flexibility index (Phi) is 2.51. The second kappa shape index (κ2) is 3.97. The van der Waals surface area contributed by atoms with E-state index in [0.717, 1.165) is 18.4 Å². The fraction of sp³-hybridized carbons (Fsp3) is 0.250. The molecule has 0 aliphatic carbocycles. The van der Waals surface area contributed by atoms with Gasteiger partial charge in [0.05, 0.1) is 0 Å². The lowest BCUT2D eigenvalue weighted by Crippen LogP contribution is -2.07. The van der Waals surface area contributed by atoms with Gasteiger partial charge in [0.25, 0.3) is 0 Å².